The molecule has 2 amide bonds. The lowest BCUT2D eigenvalue weighted by atomic mass is 9.80. The number of imide groups is 1. The number of carbonyl (C=O) groups excluding carboxylic acids is 3. The highest BCUT2D eigenvalue weighted by Gasteiger charge is 2.48. The molecule has 16 nitrogen and oxygen atoms in total. The van der Waals surface area contributed by atoms with Crippen LogP contribution in [0.5, 0.6) is 5.75 Å². The van der Waals surface area contributed by atoms with Crippen molar-refractivity contribution < 1.29 is 52.6 Å². The van der Waals surface area contributed by atoms with Crippen molar-refractivity contribution >= 4 is 35.3 Å². The molecule has 3 aliphatic carbocycles. The predicted molar refractivity (Wildman–Crippen MR) is 344 cm³/mol. The van der Waals surface area contributed by atoms with E-state index in [1.54, 1.807) is 11.7 Å². The van der Waals surface area contributed by atoms with Crippen molar-refractivity contribution in [1.82, 2.24) is 19.5 Å². The number of aliphatic hydroxyl groups is 1. The molecule has 1 N–H and O–H groups in total. The van der Waals surface area contributed by atoms with Crippen LogP contribution in [-0.4, -0.2) is 101 Å². The van der Waals surface area contributed by atoms with Crippen LogP contribution in [0.2, 0.25) is 0 Å². The van der Waals surface area contributed by atoms with Crippen LogP contribution < -0.4 is 9.64 Å². The van der Waals surface area contributed by atoms with E-state index in [-0.39, 0.29) is 67.8 Å². The Morgan fingerprint density at radius 1 is 0.511 bits per heavy atom. The second kappa shape index (κ2) is 24.5. The minimum Gasteiger partial charge on any atom is -0.497 e. The number of amides is 2. The molecule has 4 atom stereocenters. The van der Waals surface area contributed by atoms with Crippen LogP contribution in [0.25, 0.3) is 44.5 Å². The number of hydrogen-bond acceptors (Lipinski definition) is 14. The normalized spacial score (nSPS) is 17.2. The zero-order valence-corrected chi connectivity index (χ0v) is 49.9. The first-order valence-corrected chi connectivity index (χ1v) is 30.7. The van der Waals surface area contributed by atoms with Gasteiger partial charge in [-0.15, -0.1) is 0 Å². The zero-order valence-electron chi connectivity index (χ0n) is 49.9. The molecule has 4 aliphatic rings. The van der Waals surface area contributed by atoms with Crippen LogP contribution in [0.4, 0.5) is 20.2 Å². The first-order valence-electron chi connectivity index (χ1n) is 30.7. The number of benzene rings is 9. The molecular weight excluding hydrogens is 1160 g/mol. The number of imidazole rings is 1. The third kappa shape index (κ3) is 10.2. The lowest BCUT2D eigenvalue weighted by molar-refractivity contribution is -0.189. The van der Waals surface area contributed by atoms with E-state index in [2.05, 4.69) is 22.1 Å². The third-order valence-electron chi connectivity index (χ3n) is 18.4. The van der Waals surface area contributed by atoms with Gasteiger partial charge < -0.3 is 42.8 Å². The van der Waals surface area contributed by atoms with E-state index in [1.165, 1.54) is 12.7 Å². The quantitative estimate of drug-likeness (QED) is 0.0548. The number of fused-ring (bicyclic) bond motifs is 10. The Morgan fingerprint density at radius 2 is 0.924 bits per heavy atom. The number of hydrogen-bond donors (Lipinski definition) is 1. The van der Waals surface area contributed by atoms with Gasteiger partial charge in [0.2, 0.25) is 0 Å². The van der Waals surface area contributed by atoms with Gasteiger partial charge in [-0.25, -0.2) is 29.3 Å². The molecule has 92 heavy (non-hydrogen) atoms. The Morgan fingerprint density at radius 3 is 1.37 bits per heavy atom. The smallest absolute Gasteiger partial charge is 0.497 e. The summed E-state index contributed by atoms with van der Waals surface area (Å²) >= 11 is 0. The number of methoxy groups -OCH3 is 1. The van der Waals surface area contributed by atoms with Gasteiger partial charge in [0, 0.05) is 17.8 Å². The second-order valence-electron chi connectivity index (χ2n) is 23.2. The van der Waals surface area contributed by atoms with E-state index >= 15 is 9.59 Å². The average Bonchev–Trinajstić information content (AvgIpc) is 1.10. The summed E-state index contributed by atoms with van der Waals surface area (Å²) in [7, 11) is 1.61. The summed E-state index contributed by atoms with van der Waals surface area (Å²) in [5.74, 6) is -0.581. The van der Waals surface area contributed by atoms with Crippen molar-refractivity contribution in [1.29, 1.82) is 0 Å². The molecule has 2 aromatic heterocycles. The van der Waals surface area contributed by atoms with Crippen molar-refractivity contribution in [3.8, 4) is 39.1 Å². The highest BCUT2D eigenvalue weighted by Crippen LogP contribution is 2.49. The number of aromatic nitrogens is 4. The largest absolute Gasteiger partial charge is 0.508 e. The van der Waals surface area contributed by atoms with E-state index in [9.17, 15) is 9.90 Å². The van der Waals surface area contributed by atoms with Crippen LogP contribution in [0, 0.1) is 0 Å². The lowest BCUT2D eigenvalue weighted by Crippen LogP contribution is -2.54. The lowest BCUT2D eigenvalue weighted by Gasteiger charge is -2.42. The summed E-state index contributed by atoms with van der Waals surface area (Å²) in [6.45, 7) is -0.713. The third-order valence-corrected chi connectivity index (χ3v) is 18.4. The molecule has 16 heteroatoms. The number of aliphatic hydroxyl groups excluding tert-OH is 1. The van der Waals surface area contributed by atoms with Crippen LogP contribution >= 0.6 is 0 Å². The second-order valence-corrected chi connectivity index (χ2v) is 23.2. The van der Waals surface area contributed by atoms with Crippen molar-refractivity contribution in [2.45, 2.75) is 47.7 Å². The standard InChI is InChI=1S/C76H61N5O11/c1-86-50-38-36-49(37-39-50)76(47-20-4-2-5-21-47,48-22-6-3-7-23-48)91-44-67-69(82)70(92-75(85)90-42-65-61-34-18-12-28-55(61)56-29-13-19-35-62(56)65)66(43-87-67)80-46-79-68-71(80)77-45-78-72(68)81(73(83)88-40-63-57-30-14-8-24-51(57)52-25-9-15-31-58(52)63)74(84)89-41-64-59-32-16-10-26-53(59)54-27-11-17-33-60(54)64/h2-39,45-46,63-67,69-70,82H,40-44H2,1H3/t66-,67-,69-,70+/m1/s1. The SMILES string of the molecule is COc1ccc(C(OC[C@H]2OC[C@@H](n3cnc4c(N(C(=O)OCC5c6ccccc6-c6ccccc65)C(=O)OCC5c6ccccc6-c6ccccc65)ncnc43)[C@H](OC(=O)OCC3c4ccccc4-c4ccccc43)[C@@H]2O)(c2ccccc2)c2ccccc2)cc1. The number of rotatable bonds is 16. The maximum Gasteiger partial charge on any atom is 0.508 e. The van der Waals surface area contributed by atoms with E-state index in [0.29, 0.717) is 5.75 Å². The molecule has 0 unspecified atom stereocenters. The molecule has 0 spiro atoms. The fourth-order valence-corrected chi connectivity index (χ4v) is 14.1. The molecule has 11 aromatic rings. The summed E-state index contributed by atoms with van der Waals surface area (Å²) in [4.78, 5) is 59.4. The Kier molecular flexibility index (Phi) is 15.4. The summed E-state index contributed by atoms with van der Waals surface area (Å²) in [6.07, 6.45) is -4.65. The molecule has 0 radical (unpaired) electrons. The fraction of sp³-hybridized carbons (Fsp3) is 0.184. The van der Waals surface area contributed by atoms with Gasteiger partial charge >= 0.3 is 18.3 Å². The monoisotopic (exact) mass is 1220 g/mol. The van der Waals surface area contributed by atoms with Crippen molar-refractivity contribution in [2.24, 2.45) is 0 Å². The van der Waals surface area contributed by atoms with Gasteiger partial charge in [-0.3, -0.25) is 0 Å². The fourth-order valence-electron chi connectivity index (χ4n) is 14.1. The Labute approximate surface area is 530 Å². The molecule has 3 heterocycles. The molecule has 0 saturated carbocycles. The highest BCUT2D eigenvalue weighted by atomic mass is 16.7. The van der Waals surface area contributed by atoms with Crippen LogP contribution in [-0.2, 0) is 34.0 Å². The number of nitrogens with zero attached hydrogens (tertiary/aromatic N) is 5. The van der Waals surface area contributed by atoms with Crippen LogP contribution in [0.1, 0.15) is 73.9 Å². The molecule has 0 bridgehead atoms. The minimum atomic E-state index is -1.58. The highest BCUT2D eigenvalue weighted by molar-refractivity contribution is 6.12. The van der Waals surface area contributed by atoms with Gasteiger partial charge in [-0.05, 0) is 95.6 Å². The van der Waals surface area contributed by atoms with Crippen LogP contribution in [0.15, 0.2) is 243 Å². The molecular formula is C76H61N5O11. The van der Waals surface area contributed by atoms with E-state index < -0.39 is 48.3 Å². The van der Waals surface area contributed by atoms with E-state index in [1.807, 2.05) is 218 Å². The van der Waals surface area contributed by atoms with E-state index in [4.69, 9.17) is 38.1 Å². The summed E-state index contributed by atoms with van der Waals surface area (Å²) in [5, 5.41) is 12.9. The van der Waals surface area contributed by atoms with Gasteiger partial charge in [0.1, 0.15) is 49.7 Å². The Balaban J connectivity index is 0.770. The molecule has 1 aliphatic heterocycles. The molecule has 9 aromatic carbocycles. The number of ether oxygens (including phenoxy) is 7. The van der Waals surface area contributed by atoms with Crippen molar-refractivity contribution in [3.05, 3.63) is 293 Å². The van der Waals surface area contributed by atoms with E-state index in [0.717, 1.165) is 88.4 Å². The summed E-state index contributed by atoms with van der Waals surface area (Å²) < 4.78 is 45.9. The van der Waals surface area contributed by atoms with Crippen LogP contribution in [0.3, 0.4) is 0 Å². The summed E-state index contributed by atoms with van der Waals surface area (Å²) in [5.41, 5.74) is 13.3. The molecule has 1 fully saturated rings. The maximum absolute atomic E-state index is 15.1. The van der Waals surface area contributed by atoms with Crippen molar-refractivity contribution in [2.75, 3.05) is 45.0 Å². The predicted octanol–water partition coefficient (Wildman–Crippen LogP) is 14.2. The topological polar surface area (TPSA) is 183 Å². The molecule has 1 saturated heterocycles. The summed E-state index contributed by atoms with van der Waals surface area (Å²) in [6, 6.07) is 74.0. The van der Waals surface area contributed by atoms with Gasteiger partial charge in [0.05, 0.1) is 32.7 Å². The minimum absolute atomic E-state index is 0.00986. The Hall–Kier alpha value is -10.8. The van der Waals surface area contributed by atoms with Gasteiger partial charge in [0.25, 0.3) is 0 Å². The van der Waals surface area contributed by atoms with Crippen molar-refractivity contribution in [3.63, 3.8) is 0 Å². The van der Waals surface area contributed by atoms with Gasteiger partial charge in [0.15, 0.2) is 23.1 Å². The maximum atomic E-state index is 15.1. The number of carbonyl (C=O) groups is 3. The molecule has 15 rings (SSSR count). The van der Waals surface area contributed by atoms with Gasteiger partial charge in [-0.2, -0.15) is 4.90 Å². The number of anilines is 1. The zero-order chi connectivity index (χ0) is 62.3. The molecule has 456 valence electrons. The first-order chi connectivity index (χ1) is 45.3. The first kappa shape index (κ1) is 57.6. The Bertz CT molecular complexity index is 4280. The van der Waals surface area contributed by atoms with Gasteiger partial charge in [-0.1, -0.05) is 218 Å². The average molecular weight is 1220 g/mol.